The van der Waals surface area contributed by atoms with Crippen molar-refractivity contribution in [1.29, 1.82) is 0 Å². The first-order chi connectivity index (χ1) is 9.65. The minimum Gasteiger partial charge on any atom is -0.480 e. The normalized spacial score (nSPS) is 11.5. The van der Waals surface area contributed by atoms with Crippen molar-refractivity contribution in [2.24, 2.45) is 11.5 Å². The molecule has 4 heteroatoms. The summed E-state index contributed by atoms with van der Waals surface area (Å²) in [6, 6.07) is 16.0. The zero-order valence-electron chi connectivity index (χ0n) is 11.5. The van der Waals surface area contributed by atoms with Gasteiger partial charge in [-0.05, 0) is 30.2 Å². The first-order valence-electron chi connectivity index (χ1n) is 6.77. The average Bonchev–Trinajstić information content (AvgIpc) is 2.48. The van der Waals surface area contributed by atoms with Crippen molar-refractivity contribution in [3.8, 4) is 0 Å². The van der Waals surface area contributed by atoms with Crippen molar-refractivity contribution in [2.45, 2.75) is 25.3 Å². The SMILES string of the molecule is NCCCC[C@H](N)C(=O)O.c1ccc2ccccc2c1. The van der Waals surface area contributed by atoms with Crippen LogP contribution in [0.3, 0.4) is 0 Å². The minimum atomic E-state index is -0.933. The van der Waals surface area contributed by atoms with Crippen LogP contribution in [0.4, 0.5) is 0 Å². The molecule has 0 amide bonds. The Hall–Kier alpha value is -1.91. The topological polar surface area (TPSA) is 89.3 Å². The van der Waals surface area contributed by atoms with E-state index in [9.17, 15) is 4.79 Å². The van der Waals surface area contributed by atoms with Crippen molar-refractivity contribution in [1.82, 2.24) is 0 Å². The highest BCUT2D eigenvalue weighted by molar-refractivity contribution is 5.82. The van der Waals surface area contributed by atoms with Crippen molar-refractivity contribution < 1.29 is 9.90 Å². The summed E-state index contributed by atoms with van der Waals surface area (Å²) >= 11 is 0. The standard InChI is InChI=1S/C10H8.C6H14N2O2/c1-2-6-10-8-4-3-7-9(10)5-1;7-4-2-1-3-5(8)6(9)10/h1-8H;5H,1-4,7-8H2,(H,9,10)/t;5-/m.0/s1. The lowest BCUT2D eigenvalue weighted by molar-refractivity contribution is -0.138. The molecule has 0 aromatic heterocycles. The zero-order valence-corrected chi connectivity index (χ0v) is 11.5. The molecular weight excluding hydrogens is 252 g/mol. The van der Waals surface area contributed by atoms with Gasteiger partial charge in [0.25, 0.3) is 0 Å². The van der Waals surface area contributed by atoms with Gasteiger partial charge in [0.2, 0.25) is 0 Å². The number of aliphatic carboxylic acids is 1. The molecule has 0 aliphatic carbocycles. The molecule has 5 N–H and O–H groups in total. The van der Waals surface area contributed by atoms with Gasteiger partial charge in [0.05, 0.1) is 0 Å². The molecule has 4 nitrogen and oxygen atoms in total. The third-order valence-corrected chi connectivity index (χ3v) is 2.95. The summed E-state index contributed by atoms with van der Waals surface area (Å²) in [7, 11) is 0. The molecule has 108 valence electrons. The molecule has 0 saturated carbocycles. The summed E-state index contributed by atoms with van der Waals surface area (Å²) < 4.78 is 0. The summed E-state index contributed by atoms with van der Waals surface area (Å²) in [4.78, 5) is 10.1. The van der Waals surface area contributed by atoms with Crippen LogP contribution in [0.1, 0.15) is 19.3 Å². The first kappa shape index (κ1) is 16.1. The Balaban J connectivity index is 0.000000200. The number of benzene rings is 2. The molecule has 0 aliphatic rings. The Bertz CT molecular complexity index is 463. The lowest BCUT2D eigenvalue weighted by Crippen LogP contribution is -2.29. The lowest BCUT2D eigenvalue weighted by atomic mass is 10.1. The molecule has 0 aliphatic heterocycles. The summed E-state index contributed by atoms with van der Waals surface area (Å²) in [6.45, 7) is 0.604. The zero-order chi connectivity index (χ0) is 14.8. The number of hydrogen-bond acceptors (Lipinski definition) is 3. The number of carbonyl (C=O) groups is 1. The highest BCUT2D eigenvalue weighted by Crippen LogP contribution is 2.11. The summed E-state index contributed by atoms with van der Waals surface area (Å²) in [6.07, 6.45) is 2.16. The van der Waals surface area contributed by atoms with E-state index in [2.05, 4.69) is 48.5 Å². The van der Waals surface area contributed by atoms with E-state index in [1.54, 1.807) is 0 Å². The van der Waals surface area contributed by atoms with Crippen LogP contribution in [0, 0.1) is 0 Å². The molecule has 20 heavy (non-hydrogen) atoms. The molecule has 0 fully saturated rings. The number of carboxylic acids is 1. The highest BCUT2D eigenvalue weighted by Gasteiger charge is 2.09. The van der Waals surface area contributed by atoms with Crippen LogP contribution in [0.15, 0.2) is 48.5 Å². The van der Waals surface area contributed by atoms with E-state index >= 15 is 0 Å². The van der Waals surface area contributed by atoms with Gasteiger partial charge in [0, 0.05) is 0 Å². The molecule has 2 aromatic rings. The maximum atomic E-state index is 10.1. The van der Waals surface area contributed by atoms with Crippen LogP contribution in [-0.4, -0.2) is 23.7 Å². The van der Waals surface area contributed by atoms with Gasteiger partial charge < -0.3 is 16.6 Å². The quantitative estimate of drug-likeness (QED) is 0.730. The van der Waals surface area contributed by atoms with Crippen molar-refractivity contribution in [3.63, 3.8) is 0 Å². The number of carboxylic acid groups (broad SMARTS) is 1. The van der Waals surface area contributed by atoms with Gasteiger partial charge in [-0.2, -0.15) is 0 Å². The molecule has 1 atom stereocenters. The fourth-order valence-corrected chi connectivity index (χ4v) is 1.76. The van der Waals surface area contributed by atoms with Crippen LogP contribution in [0.2, 0.25) is 0 Å². The molecule has 0 heterocycles. The van der Waals surface area contributed by atoms with Crippen LogP contribution in [0.5, 0.6) is 0 Å². The monoisotopic (exact) mass is 274 g/mol. The van der Waals surface area contributed by atoms with Crippen molar-refractivity contribution in [2.75, 3.05) is 6.54 Å². The molecule has 2 aromatic carbocycles. The molecular formula is C16H22N2O2. The molecule has 0 unspecified atom stereocenters. The highest BCUT2D eigenvalue weighted by atomic mass is 16.4. The maximum absolute atomic E-state index is 10.1. The number of unbranched alkanes of at least 4 members (excludes halogenated alkanes) is 1. The minimum absolute atomic E-state index is 0.520. The summed E-state index contributed by atoms with van der Waals surface area (Å²) in [5.74, 6) is -0.933. The molecule has 0 radical (unpaired) electrons. The average molecular weight is 274 g/mol. The van der Waals surface area contributed by atoms with Gasteiger partial charge in [-0.15, -0.1) is 0 Å². The van der Waals surface area contributed by atoms with E-state index in [4.69, 9.17) is 16.6 Å². The lowest BCUT2D eigenvalue weighted by Gasteiger charge is -2.03. The Morgan fingerprint density at radius 3 is 1.80 bits per heavy atom. The summed E-state index contributed by atoms with van der Waals surface area (Å²) in [5.41, 5.74) is 10.4. The fraction of sp³-hybridized carbons (Fsp3) is 0.312. The Morgan fingerprint density at radius 2 is 1.45 bits per heavy atom. The Kier molecular flexibility index (Phi) is 7.32. The largest absolute Gasteiger partial charge is 0.480 e. The number of hydrogen-bond donors (Lipinski definition) is 3. The van der Waals surface area contributed by atoms with E-state index in [1.165, 1.54) is 10.8 Å². The second-order valence-corrected chi connectivity index (χ2v) is 4.58. The molecule has 0 spiro atoms. The smallest absolute Gasteiger partial charge is 0.320 e. The van der Waals surface area contributed by atoms with Gasteiger partial charge in [0.1, 0.15) is 6.04 Å². The van der Waals surface area contributed by atoms with Gasteiger partial charge in [-0.1, -0.05) is 55.0 Å². The van der Waals surface area contributed by atoms with Crippen LogP contribution in [0.25, 0.3) is 10.8 Å². The molecule has 0 saturated heterocycles. The van der Waals surface area contributed by atoms with Gasteiger partial charge in [-0.3, -0.25) is 4.79 Å². The van der Waals surface area contributed by atoms with Gasteiger partial charge in [-0.25, -0.2) is 0 Å². The second kappa shape index (κ2) is 9.07. The predicted molar refractivity (Wildman–Crippen MR) is 82.5 cm³/mol. The Labute approximate surface area is 119 Å². The van der Waals surface area contributed by atoms with Crippen LogP contribution >= 0.6 is 0 Å². The van der Waals surface area contributed by atoms with E-state index in [0.717, 1.165) is 12.8 Å². The molecule has 0 bridgehead atoms. The van der Waals surface area contributed by atoms with Gasteiger partial charge in [0.15, 0.2) is 0 Å². The third-order valence-electron chi connectivity index (χ3n) is 2.95. The predicted octanol–water partition coefficient (Wildman–Crippen LogP) is 2.37. The Morgan fingerprint density at radius 1 is 1.00 bits per heavy atom. The summed E-state index contributed by atoms with van der Waals surface area (Å²) in [5, 5.41) is 10.9. The van der Waals surface area contributed by atoms with E-state index in [0.29, 0.717) is 13.0 Å². The van der Waals surface area contributed by atoms with E-state index in [1.807, 2.05) is 0 Å². The van der Waals surface area contributed by atoms with E-state index in [-0.39, 0.29) is 0 Å². The van der Waals surface area contributed by atoms with Crippen LogP contribution < -0.4 is 11.5 Å². The number of fused-ring (bicyclic) bond motifs is 1. The van der Waals surface area contributed by atoms with Crippen molar-refractivity contribution in [3.05, 3.63) is 48.5 Å². The third kappa shape index (κ3) is 5.82. The van der Waals surface area contributed by atoms with Crippen LogP contribution in [-0.2, 0) is 4.79 Å². The second-order valence-electron chi connectivity index (χ2n) is 4.58. The number of rotatable bonds is 5. The van der Waals surface area contributed by atoms with Crippen molar-refractivity contribution >= 4 is 16.7 Å². The molecule has 2 rings (SSSR count). The van der Waals surface area contributed by atoms with Gasteiger partial charge >= 0.3 is 5.97 Å². The maximum Gasteiger partial charge on any atom is 0.320 e. The number of nitrogens with two attached hydrogens (primary N) is 2. The fourth-order valence-electron chi connectivity index (χ4n) is 1.76. The van der Waals surface area contributed by atoms with E-state index < -0.39 is 12.0 Å². The first-order valence-corrected chi connectivity index (χ1v) is 6.77.